The maximum Gasteiger partial charge on any atom is 0.239 e. The van der Waals surface area contributed by atoms with Gasteiger partial charge in [0.05, 0.1) is 13.7 Å². The van der Waals surface area contributed by atoms with Crippen molar-refractivity contribution in [2.75, 3.05) is 27.4 Å². The number of benzene rings is 1. The number of nitrogens with one attached hydrogen (secondary N) is 1. The SMILES string of the molecule is COCC(N)C(=O)NCC(C)(C)c1ccc(OC)cc1. The number of rotatable bonds is 7. The highest BCUT2D eigenvalue weighted by molar-refractivity contribution is 5.81. The molecule has 0 radical (unpaired) electrons. The van der Waals surface area contributed by atoms with Crippen LogP contribution in [0.4, 0.5) is 0 Å². The molecular formula is C15H24N2O3. The van der Waals surface area contributed by atoms with Crippen LogP contribution in [-0.4, -0.2) is 39.3 Å². The van der Waals surface area contributed by atoms with Gasteiger partial charge in [-0.15, -0.1) is 0 Å². The molecule has 1 rings (SSSR count). The highest BCUT2D eigenvalue weighted by atomic mass is 16.5. The van der Waals surface area contributed by atoms with Crippen LogP contribution >= 0.6 is 0 Å². The summed E-state index contributed by atoms with van der Waals surface area (Å²) in [5, 5.41) is 2.86. The average molecular weight is 280 g/mol. The topological polar surface area (TPSA) is 73.6 Å². The number of carbonyl (C=O) groups is 1. The summed E-state index contributed by atoms with van der Waals surface area (Å²) in [4.78, 5) is 11.8. The number of carbonyl (C=O) groups excluding carboxylic acids is 1. The highest BCUT2D eigenvalue weighted by Crippen LogP contribution is 2.24. The zero-order valence-electron chi connectivity index (χ0n) is 12.6. The fourth-order valence-electron chi connectivity index (χ4n) is 1.84. The summed E-state index contributed by atoms with van der Waals surface area (Å²) >= 11 is 0. The molecule has 1 unspecified atom stereocenters. The first-order chi connectivity index (χ1) is 9.40. The lowest BCUT2D eigenvalue weighted by Gasteiger charge is -2.26. The Kier molecular flexibility index (Phi) is 5.98. The van der Waals surface area contributed by atoms with E-state index in [1.165, 1.54) is 7.11 Å². The summed E-state index contributed by atoms with van der Waals surface area (Å²) in [6.07, 6.45) is 0. The zero-order chi connectivity index (χ0) is 15.2. The molecule has 0 aliphatic rings. The number of nitrogens with two attached hydrogens (primary N) is 1. The van der Waals surface area contributed by atoms with Crippen LogP contribution in [-0.2, 0) is 14.9 Å². The molecule has 0 saturated heterocycles. The predicted molar refractivity (Wildman–Crippen MR) is 78.9 cm³/mol. The van der Waals surface area contributed by atoms with E-state index in [9.17, 15) is 4.79 Å². The molecule has 5 nitrogen and oxygen atoms in total. The number of amides is 1. The number of methoxy groups -OCH3 is 2. The van der Waals surface area contributed by atoms with Crippen LogP contribution < -0.4 is 15.8 Å². The first-order valence-corrected chi connectivity index (χ1v) is 6.57. The van der Waals surface area contributed by atoms with Crippen molar-refractivity contribution in [3.63, 3.8) is 0 Å². The second-order valence-corrected chi connectivity index (χ2v) is 5.39. The normalized spacial score (nSPS) is 12.8. The predicted octanol–water partition coefficient (Wildman–Crippen LogP) is 1.06. The van der Waals surface area contributed by atoms with E-state index in [4.69, 9.17) is 15.2 Å². The van der Waals surface area contributed by atoms with Gasteiger partial charge in [0.15, 0.2) is 0 Å². The van der Waals surface area contributed by atoms with Gasteiger partial charge in [0, 0.05) is 19.1 Å². The van der Waals surface area contributed by atoms with Crippen molar-refractivity contribution in [1.29, 1.82) is 0 Å². The molecule has 5 heteroatoms. The minimum Gasteiger partial charge on any atom is -0.497 e. The molecule has 0 aliphatic carbocycles. The maximum absolute atomic E-state index is 11.8. The van der Waals surface area contributed by atoms with E-state index in [1.54, 1.807) is 7.11 Å². The van der Waals surface area contributed by atoms with E-state index in [2.05, 4.69) is 19.2 Å². The summed E-state index contributed by atoms with van der Waals surface area (Å²) in [6, 6.07) is 7.19. The Labute approximate surface area is 120 Å². The molecule has 0 fully saturated rings. The van der Waals surface area contributed by atoms with Gasteiger partial charge in [-0.1, -0.05) is 26.0 Å². The molecule has 1 atom stereocenters. The van der Waals surface area contributed by atoms with Gasteiger partial charge in [0.25, 0.3) is 0 Å². The smallest absolute Gasteiger partial charge is 0.239 e. The summed E-state index contributed by atoms with van der Waals surface area (Å²) < 4.78 is 10.0. The Balaban J connectivity index is 2.62. The van der Waals surface area contributed by atoms with Crippen molar-refractivity contribution in [3.05, 3.63) is 29.8 Å². The van der Waals surface area contributed by atoms with Crippen LogP contribution in [0.5, 0.6) is 5.75 Å². The third-order valence-electron chi connectivity index (χ3n) is 3.26. The van der Waals surface area contributed by atoms with Crippen LogP contribution in [0.2, 0.25) is 0 Å². The summed E-state index contributed by atoms with van der Waals surface area (Å²) in [7, 11) is 3.16. The first-order valence-electron chi connectivity index (χ1n) is 6.57. The Morgan fingerprint density at radius 2 is 1.90 bits per heavy atom. The standard InChI is InChI=1S/C15H24N2O3/c1-15(2,10-17-14(18)13(16)9-19-3)11-5-7-12(20-4)8-6-11/h5-8,13H,9-10,16H2,1-4H3,(H,17,18). The largest absolute Gasteiger partial charge is 0.497 e. The lowest BCUT2D eigenvalue weighted by Crippen LogP contribution is -2.47. The van der Waals surface area contributed by atoms with Gasteiger partial charge in [-0.05, 0) is 17.7 Å². The van der Waals surface area contributed by atoms with Gasteiger partial charge in [-0.2, -0.15) is 0 Å². The van der Waals surface area contributed by atoms with Crippen molar-refractivity contribution in [3.8, 4) is 5.75 Å². The highest BCUT2D eigenvalue weighted by Gasteiger charge is 2.23. The second-order valence-electron chi connectivity index (χ2n) is 5.39. The quantitative estimate of drug-likeness (QED) is 0.783. The van der Waals surface area contributed by atoms with Crippen molar-refractivity contribution >= 4 is 5.91 Å². The molecule has 1 aromatic carbocycles. The second kappa shape index (κ2) is 7.26. The van der Waals surface area contributed by atoms with Gasteiger partial charge < -0.3 is 20.5 Å². The molecule has 0 saturated carbocycles. The molecule has 0 heterocycles. The molecule has 0 bridgehead atoms. The minimum absolute atomic E-state index is 0.186. The Morgan fingerprint density at radius 1 is 1.30 bits per heavy atom. The Hall–Kier alpha value is -1.59. The van der Waals surface area contributed by atoms with Crippen LogP contribution in [0.25, 0.3) is 0 Å². The fourth-order valence-corrected chi connectivity index (χ4v) is 1.84. The Bertz CT molecular complexity index is 429. The van der Waals surface area contributed by atoms with E-state index < -0.39 is 6.04 Å². The Morgan fingerprint density at radius 3 is 2.40 bits per heavy atom. The van der Waals surface area contributed by atoms with E-state index in [0.29, 0.717) is 6.54 Å². The van der Waals surface area contributed by atoms with Crippen LogP contribution in [0, 0.1) is 0 Å². The maximum atomic E-state index is 11.8. The molecule has 20 heavy (non-hydrogen) atoms. The molecule has 0 aliphatic heterocycles. The molecule has 1 aromatic rings. The van der Waals surface area contributed by atoms with Crippen LogP contribution in [0.3, 0.4) is 0 Å². The summed E-state index contributed by atoms with van der Waals surface area (Å²) in [5.41, 5.74) is 6.62. The van der Waals surface area contributed by atoms with E-state index in [-0.39, 0.29) is 17.9 Å². The average Bonchev–Trinajstić information content (AvgIpc) is 2.45. The number of ether oxygens (including phenoxy) is 2. The number of hydrogen-bond donors (Lipinski definition) is 2. The lowest BCUT2D eigenvalue weighted by atomic mass is 9.84. The zero-order valence-corrected chi connectivity index (χ0v) is 12.6. The van der Waals surface area contributed by atoms with Gasteiger partial charge in [0.2, 0.25) is 5.91 Å². The molecule has 112 valence electrons. The van der Waals surface area contributed by atoms with Crippen LogP contribution in [0.1, 0.15) is 19.4 Å². The molecule has 0 spiro atoms. The van der Waals surface area contributed by atoms with Crippen molar-refractivity contribution in [1.82, 2.24) is 5.32 Å². The lowest BCUT2D eigenvalue weighted by molar-refractivity contribution is -0.123. The van der Waals surface area contributed by atoms with Crippen molar-refractivity contribution in [2.24, 2.45) is 5.73 Å². The van der Waals surface area contributed by atoms with Gasteiger partial charge >= 0.3 is 0 Å². The van der Waals surface area contributed by atoms with Gasteiger partial charge in [0.1, 0.15) is 11.8 Å². The fraction of sp³-hybridized carbons (Fsp3) is 0.533. The first kappa shape index (κ1) is 16.5. The van der Waals surface area contributed by atoms with Crippen molar-refractivity contribution in [2.45, 2.75) is 25.3 Å². The van der Waals surface area contributed by atoms with Crippen LogP contribution in [0.15, 0.2) is 24.3 Å². The molecular weight excluding hydrogens is 256 g/mol. The minimum atomic E-state index is -0.633. The van der Waals surface area contributed by atoms with E-state index in [1.807, 2.05) is 24.3 Å². The molecule has 1 amide bonds. The molecule has 0 aromatic heterocycles. The van der Waals surface area contributed by atoms with Crippen molar-refractivity contribution < 1.29 is 14.3 Å². The van der Waals surface area contributed by atoms with Gasteiger partial charge in [-0.3, -0.25) is 4.79 Å². The van der Waals surface area contributed by atoms with E-state index in [0.717, 1.165) is 11.3 Å². The summed E-state index contributed by atoms with van der Waals surface area (Å²) in [6.45, 7) is 4.86. The summed E-state index contributed by atoms with van der Waals surface area (Å²) in [5.74, 6) is 0.615. The van der Waals surface area contributed by atoms with E-state index >= 15 is 0 Å². The third kappa shape index (κ3) is 4.51. The number of hydrogen-bond acceptors (Lipinski definition) is 4. The molecule has 3 N–H and O–H groups in total. The third-order valence-corrected chi connectivity index (χ3v) is 3.26. The monoisotopic (exact) mass is 280 g/mol. The van der Waals surface area contributed by atoms with Gasteiger partial charge in [-0.25, -0.2) is 0 Å².